The number of aliphatic hydroxyl groups excluding tert-OH is 2. The summed E-state index contributed by atoms with van der Waals surface area (Å²) in [6.45, 7) is -0.493. The number of terminal acetylenes is 1. The summed E-state index contributed by atoms with van der Waals surface area (Å²) >= 11 is 0. The number of hydrogen-bond donors (Lipinski definition) is 3. The third-order valence-corrected chi connectivity index (χ3v) is 3.67. The molecule has 3 rings (SSSR count). The maximum absolute atomic E-state index is 10.5. The van der Waals surface area contributed by atoms with Crippen LogP contribution in [0.5, 0.6) is 5.88 Å². The summed E-state index contributed by atoms with van der Waals surface area (Å²) in [4.78, 5) is 12.1. The Morgan fingerprint density at radius 1 is 1.50 bits per heavy atom. The first-order valence-corrected chi connectivity index (χ1v) is 6.42. The van der Waals surface area contributed by atoms with Gasteiger partial charge in [-0.25, -0.2) is 9.97 Å². The van der Waals surface area contributed by atoms with E-state index in [1.807, 2.05) is 0 Å². The molecule has 4 atom stereocenters. The molecule has 2 aromatic heterocycles. The van der Waals surface area contributed by atoms with E-state index in [2.05, 4.69) is 20.9 Å². The van der Waals surface area contributed by atoms with Crippen LogP contribution in [0.25, 0.3) is 11.2 Å². The van der Waals surface area contributed by atoms with E-state index in [0.717, 1.165) is 0 Å². The Morgan fingerprint density at radius 3 is 2.91 bits per heavy atom. The van der Waals surface area contributed by atoms with E-state index in [9.17, 15) is 15.3 Å². The molecule has 0 radical (unpaired) electrons. The van der Waals surface area contributed by atoms with Crippen molar-refractivity contribution >= 4 is 11.2 Å². The molecule has 3 N–H and O–H groups in total. The van der Waals surface area contributed by atoms with E-state index in [0.29, 0.717) is 11.2 Å². The molecular formula is C13H14N4O5. The molecule has 9 nitrogen and oxygen atoms in total. The molecule has 0 aromatic carbocycles. The van der Waals surface area contributed by atoms with E-state index in [4.69, 9.17) is 15.9 Å². The molecule has 0 unspecified atom stereocenters. The molecule has 0 amide bonds. The van der Waals surface area contributed by atoms with E-state index < -0.39 is 30.6 Å². The van der Waals surface area contributed by atoms with Crippen LogP contribution in [-0.2, 0) is 4.74 Å². The maximum atomic E-state index is 10.5. The Balaban J connectivity index is 2.13. The van der Waals surface area contributed by atoms with E-state index >= 15 is 0 Å². The lowest BCUT2D eigenvalue weighted by Crippen LogP contribution is -2.45. The first-order valence-electron chi connectivity index (χ1n) is 6.42. The molecule has 2 aromatic rings. The second-order valence-electron chi connectivity index (χ2n) is 4.83. The normalized spacial score (nSPS) is 31.3. The largest absolute Gasteiger partial charge is 0.479 e. The number of aromatic nitrogens is 4. The van der Waals surface area contributed by atoms with Crippen molar-refractivity contribution in [3.05, 3.63) is 12.7 Å². The van der Waals surface area contributed by atoms with Crippen LogP contribution in [0.15, 0.2) is 12.7 Å². The first kappa shape index (κ1) is 14.7. The van der Waals surface area contributed by atoms with E-state index in [-0.39, 0.29) is 5.88 Å². The highest BCUT2D eigenvalue weighted by atomic mass is 16.6. The van der Waals surface area contributed by atoms with Crippen LogP contribution >= 0.6 is 0 Å². The van der Waals surface area contributed by atoms with Crippen molar-refractivity contribution in [2.75, 3.05) is 13.7 Å². The van der Waals surface area contributed by atoms with Crippen molar-refractivity contribution in [1.82, 2.24) is 19.5 Å². The minimum Gasteiger partial charge on any atom is -0.479 e. The fourth-order valence-corrected chi connectivity index (χ4v) is 2.50. The predicted molar refractivity (Wildman–Crippen MR) is 72.7 cm³/mol. The van der Waals surface area contributed by atoms with Gasteiger partial charge < -0.3 is 24.8 Å². The van der Waals surface area contributed by atoms with Crippen molar-refractivity contribution < 1.29 is 24.8 Å². The average molecular weight is 306 g/mol. The minimum absolute atomic E-state index is 0.255. The van der Waals surface area contributed by atoms with Crippen LogP contribution in [0.1, 0.15) is 6.23 Å². The minimum atomic E-state index is -2.03. The summed E-state index contributed by atoms with van der Waals surface area (Å²) in [6, 6.07) is 0. The molecule has 1 aliphatic heterocycles. The zero-order valence-electron chi connectivity index (χ0n) is 11.6. The summed E-state index contributed by atoms with van der Waals surface area (Å²) in [5.74, 6) is 2.39. The fraction of sp³-hybridized carbons (Fsp3) is 0.462. The van der Waals surface area contributed by atoms with Gasteiger partial charge in [0.1, 0.15) is 18.5 Å². The van der Waals surface area contributed by atoms with Crippen molar-refractivity contribution in [3.8, 4) is 18.2 Å². The molecule has 0 aliphatic carbocycles. The topological polar surface area (TPSA) is 123 Å². The smallest absolute Gasteiger partial charge is 0.245 e. The third kappa shape index (κ3) is 1.86. The number of rotatable bonds is 3. The lowest BCUT2D eigenvalue weighted by molar-refractivity contribution is -0.0721. The molecule has 1 fully saturated rings. The van der Waals surface area contributed by atoms with Crippen molar-refractivity contribution in [1.29, 1.82) is 0 Å². The summed E-state index contributed by atoms with van der Waals surface area (Å²) in [7, 11) is 1.44. The molecule has 116 valence electrons. The Kier molecular flexibility index (Phi) is 3.46. The van der Waals surface area contributed by atoms with E-state index in [1.165, 1.54) is 24.3 Å². The highest BCUT2D eigenvalue weighted by molar-refractivity contribution is 5.76. The quantitative estimate of drug-likeness (QED) is 0.582. The monoisotopic (exact) mass is 306 g/mol. The van der Waals surface area contributed by atoms with Gasteiger partial charge in [0.05, 0.1) is 20.0 Å². The summed E-state index contributed by atoms with van der Waals surface area (Å²) in [5, 5.41) is 29.9. The Hall–Kier alpha value is -2.25. The number of methoxy groups -OCH3 is 1. The van der Waals surface area contributed by atoms with Gasteiger partial charge in [-0.1, -0.05) is 5.92 Å². The Morgan fingerprint density at radius 2 is 2.27 bits per heavy atom. The highest BCUT2D eigenvalue weighted by Crippen LogP contribution is 2.39. The van der Waals surface area contributed by atoms with Crippen molar-refractivity contribution in [3.63, 3.8) is 0 Å². The first-order chi connectivity index (χ1) is 10.6. The number of imidazole rings is 1. The van der Waals surface area contributed by atoms with Crippen LogP contribution < -0.4 is 4.74 Å². The second kappa shape index (κ2) is 5.19. The zero-order chi connectivity index (χ0) is 15.9. The van der Waals surface area contributed by atoms with E-state index in [1.54, 1.807) is 0 Å². The van der Waals surface area contributed by atoms with Crippen LogP contribution in [0.2, 0.25) is 0 Å². The fourth-order valence-electron chi connectivity index (χ4n) is 2.50. The Labute approximate surface area is 125 Å². The molecule has 1 aliphatic rings. The summed E-state index contributed by atoms with van der Waals surface area (Å²) in [6.07, 6.45) is 4.35. The zero-order valence-corrected chi connectivity index (χ0v) is 11.6. The van der Waals surface area contributed by atoms with Gasteiger partial charge in [0.2, 0.25) is 5.88 Å². The predicted octanol–water partition coefficient (Wildman–Crippen LogP) is -1.55. The van der Waals surface area contributed by atoms with Gasteiger partial charge in [-0.2, -0.15) is 4.98 Å². The van der Waals surface area contributed by atoms with Gasteiger partial charge in [0.15, 0.2) is 23.0 Å². The van der Waals surface area contributed by atoms with Gasteiger partial charge >= 0.3 is 0 Å². The van der Waals surface area contributed by atoms with Crippen molar-refractivity contribution in [2.45, 2.75) is 24.0 Å². The molecule has 1 saturated heterocycles. The molecule has 0 saturated carbocycles. The Bertz CT molecular complexity index is 742. The van der Waals surface area contributed by atoms with Crippen molar-refractivity contribution in [2.24, 2.45) is 0 Å². The van der Waals surface area contributed by atoms with Gasteiger partial charge in [0, 0.05) is 0 Å². The number of nitrogens with zero attached hydrogens (tertiary/aromatic N) is 4. The number of aliphatic hydroxyl groups is 3. The van der Waals surface area contributed by atoms with Gasteiger partial charge in [-0.15, -0.1) is 6.42 Å². The molecule has 22 heavy (non-hydrogen) atoms. The molecule has 3 heterocycles. The van der Waals surface area contributed by atoms with Gasteiger partial charge in [0.25, 0.3) is 0 Å². The maximum Gasteiger partial charge on any atom is 0.245 e. The van der Waals surface area contributed by atoms with Crippen LogP contribution in [0.4, 0.5) is 0 Å². The van der Waals surface area contributed by atoms with Crippen LogP contribution in [0.3, 0.4) is 0 Å². The standard InChI is InChI=1S/C13H14N4O5/c1-3-13(20)9(19)7(4-18)22-12(13)17-6-16-8-10(17)14-5-15-11(8)21-2/h1,5-7,9,12,18-20H,4H2,2H3/t7-,9-,12-,13-/m1/s1. The van der Waals surface area contributed by atoms with Crippen LogP contribution in [0, 0.1) is 12.3 Å². The summed E-state index contributed by atoms with van der Waals surface area (Å²) < 4.78 is 11.9. The van der Waals surface area contributed by atoms with Crippen LogP contribution in [-0.4, -0.2) is 66.4 Å². The average Bonchev–Trinajstić information content (AvgIpc) is 3.08. The number of ether oxygens (including phenoxy) is 2. The molecule has 9 heteroatoms. The molecule has 0 spiro atoms. The summed E-state index contributed by atoms with van der Waals surface area (Å²) in [5.41, 5.74) is -1.36. The number of hydrogen-bond acceptors (Lipinski definition) is 8. The lowest BCUT2D eigenvalue weighted by Gasteiger charge is -2.26. The SMILES string of the molecule is C#C[C@@]1(O)[C@H](O)[C@@H](CO)O[C@H]1n1cnc2c(OC)ncnc21. The molecule has 0 bridgehead atoms. The van der Waals surface area contributed by atoms with Gasteiger partial charge in [-0.05, 0) is 0 Å². The number of fused-ring (bicyclic) bond motifs is 1. The lowest BCUT2D eigenvalue weighted by atomic mass is 9.95. The highest BCUT2D eigenvalue weighted by Gasteiger charge is 2.55. The molecular weight excluding hydrogens is 292 g/mol. The second-order valence-corrected chi connectivity index (χ2v) is 4.83. The van der Waals surface area contributed by atoms with Gasteiger partial charge in [-0.3, -0.25) is 4.57 Å². The third-order valence-electron chi connectivity index (χ3n) is 3.67.